The van der Waals surface area contributed by atoms with E-state index in [0.29, 0.717) is 24.7 Å². The van der Waals surface area contributed by atoms with Crippen LogP contribution in [0.25, 0.3) is 0 Å². The third kappa shape index (κ3) is 3.00. The summed E-state index contributed by atoms with van der Waals surface area (Å²) >= 11 is 0. The highest BCUT2D eigenvalue weighted by atomic mass is 19.1. The molecule has 0 N–H and O–H groups in total. The highest BCUT2D eigenvalue weighted by Gasteiger charge is 2.46. The first kappa shape index (κ1) is 16.1. The van der Waals surface area contributed by atoms with Crippen molar-refractivity contribution < 1.29 is 23.1 Å². The van der Waals surface area contributed by atoms with Crippen molar-refractivity contribution in [2.24, 2.45) is 0 Å². The summed E-state index contributed by atoms with van der Waals surface area (Å²) in [5.41, 5.74) is 0. The van der Waals surface area contributed by atoms with E-state index in [9.17, 15) is 9.18 Å². The molecule has 1 aliphatic heterocycles. The molecule has 1 amide bonds. The van der Waals surface area contributed by atoms with E-state index in [4.69, 9.17) is 13.9 Å². The number of ether oxygens (including phenoxy) is 2. The summed E-state index contributed by atoms with van der Waals surface area (Å²) < 4.78 is 31.1. The van der Waals surface area contributed by atoms with Crippen LogP contribution in [0.3, 0.4) is 0 Å². The van der Waals surface area contributed by atoms with Crippen LogP contribution in [0.4, 0.5) is 4.39 Å². The van der Waals surface area contributed by atoms with Gasteiger partial charge in [0.05, 0.1) is 18.8 Å². The van der Waals surface area contributed by atoms with Crippen molar-refractivity contribution in [1.82, 2.24) is 9.88 Å². The Morgan fingerprint density at radius 3 is 3.00 bits per heavy atom. The van der Waals surface area contributed by atoms with Crippen molar-refractivity contribution in [3.8, 4) is 5.88 Å². The minimum absolute atomic E-state index is 0.0591. The second kappa shape index (κ2) is 6.48. The Hall–Kier alpha value is -2.41. The number of carbonyl (C=O) groups excluding carboxylic acids is 1. The van der Waals surface area contributed by atoms with Gasteiger partial charge in [0, 0.05) is 12.7 Å². The van der Waals surface area contributed by atoms with Gasteiger partial charge in [0.25, 0.3) is 11.8 Å². The number of pyridine rings is 1. The number of hydrogen-bond donors (Lipinski definition) is 0. The van der Waals surface area contributed by atoms with E-state index < -0.39 is 11.9 Å². The zero-order chi connectivity index (χ0) is 17.4. The zero-order valence-electron chi connectivity index (χ0n) is 13.9. The molecule has 7 heteroatoms. The zero-order valence-corrected chi connectivity index (χ0v) is 13.9. The Balaban J connectivity index is 1.60. The Kier molecular flexibility index (Phi) is 4.17. The number of fused-ring (bicyclic) bond motifs is 2. The first-order valence-corrected chi connectivity index (χ1v) is 8.39. The lowest BCUT2D eigenvalue weighted by atomic mass is 10.1. The Bertz CT molecular complexity index is 778. The van der Waals surface area contributed by atoms with Gasteiger partial charge in [-0.3, -0.25) is 4.79 Å². The summed E-state index contributed by atoms with van der Waals surface area (Å²) in [6.07, 6.45) is 2.33. The SMILES string of the molecule is Cc1ccc(C(=O)N2CCO[C@H]3CC[C@H]2[C@H]3Oc2ncccc2F)o1. The normalized spacial score (nSPS) is 25.7. The summed E-state index contributed by atoms with van der Waals surface area (Å²) in [6.45, 7) is 2.66. The Labute approximate surface area is 144 Å². The van der Waals surface area contributed by atoms with Crippen molar-refractivity contribution in [2.75, 3.05) is 13.2 Å². The molecular formula is C18H19FN2O4. The van der Waals surface area contributed by atoms with Gasteiger partial charge in [0.1, 0.15) is 11.9 Å². The number of aryl methyl sites for hydroxylation is 1. The van der Waals surface area contributed by atoms with E-state index in [-0.39, 0.29) is 23.9 Å². The molecule has 2 fully saturated rings. The van der Waals surface area contributed by atoms with Gasteiger partial charge >= 0.3 is 0 Å². The largest absolute Gasteiger partial charge is 0.467 e. The predicted molar refractivity (Wildman–Crippen MR) is 85.9 cm³/mol. The molecule has 1 aliphatic carbocycles. The van der Waals surface area contributed by atoms with Gasteiger partial charge in [0.2, 0.25) is 0 Å². The molecule has 132 valence electrons. The van der Waals surface area contributed by atoms with Crippen LogP contribution < -0.4 is 4.74 Å². The molecule has 0 radical (unpaired) electrons. The average Bonchev–Trinajstić information content (AvgIpc) is 3.13. The van der Waals surface area contributed by atoms with Crippen LogP contribution in [0.1, 0.15) is 29.2 Å². The lowest BCUT2D eigenvalue weighted by Crippen LogP contribution is -2.47. The van der Waals surface area contributed by atoms with E-state index in [1.54, 1.807) is 24.0 Å². The Morgan fingerprint density at radius 2 is 2.24 bits per heavy atom. The van der Waals surface area contributed by atoms with Gasteiger partial charge in [0.15, 0.2) is 11.6 Å². The van der Waals surface area contributed by atoms with E-state index in [1.807, 2.05) is 0 Å². The predicted octanol–water partition coefficient (Wildman–Crippen LogP) is 2.57. The van der Waals surface area contributed by atoms with Gasteiger partial charge in [-0.15, -0.1) is 0 Å². The van der Waals surface area contributed by atoms with Crippen LogP contribution in [0.5, 0.6) is 5.88 Å². The van der Waals surface area contributed by atoms with E-state index in [1.165, 1.54) is 18.3 Å². The minimum atomic E-state index is -0.523. The topological polar surface area (TPSA) is 64.8 Å². The second-order valence-electron chi connectivity index (χ2n) is 6.34. The van der Waals surface area contributed by atoms with Crippen molar-refractivity contribution >= 4 is 5.91 Å². The highest BCUT2D eigenvalue weighted by Crippen LogP contribution is 2.34. The van der Waals surface area contributed by atoms with Gasteiger partial charge in [-0.1, -0.05) is 0 Å². The quantitative estimate of drug-likeness (QED) is 0.855. The van der Waals surface area contributed by atoms with Gasteiger partial charge in [-0.05, 0) is 44.0 Å². The first-order valence-electron chi connectivity index (χ1n) is 8.39. The molecule has 2 aromatic heterocycles. The lowest BCUT2D eigenvalue weighted by Gasteiger charge is -2.30. The molecule has 2 bridgehead atoms. The third-order valence-electron chi connectivity index (χ3n) is 4.74. The molecule has 25 heavy (non-hydrogen) atoms. The standard InChI is InChI=1S/C18H19FN2O4/c1-11-4-6-15(24-11)18(22)21-9-10-23-14-7-5-13(21)16(14)25-17-12(19)3-2-8-20-17/h2-4,6,8,13-14,16H,5,7,9-10H2,1H3/t13-,14-,16+/m0/s1. The van der Waals surface area contributed by atoms with Gasteiger partial charge in [-0.2, -0.15) is 0 Å². The molecule has 2 aromatic rings. The maximum atomic E-state index is 13.9. The Morgan fingerprint density at radius 1 is 1.36 bits per heavy atom. The summed E-state index contributed by atoms with van der Waals surface area (Å²) in [6, 6.07) is 6.04. The second-order valence-corrected chi connectivity index (χ2v) is 6.34. The molecule has 2 aliphatic rings. The number of hydrogen-bond acceptors (Lipinski definition) is 5. The fourth-order valence-electron chi connectivity index (χ4n) is 3.58. The fourth-order valence-corrected chi connectivity index (χ4v) is 3.58. The molecule has 0 spiro atoms. The fraction of sp³-hybridized carbons (Fsp3) is 0.444. The molecule has 0 aromatic carbocycles. The molecule has 3 atom stereocenters. The monoisotopic (exact) mass is 346 g/mol. The van der Waals surface area contributed by atoms with Crippen LogP contribution in [0.15, 0.2) is 34.9 Å². The molecule has 6 nitrogen and oxygen atoms in total. The number of halogens is 1. The van der Waals surface area contributed by atoms with E-state index in [2.05, 4.69) is 4.98 Å². The minimum Gasteiger partial charge on any atom is -0.467 e. The summed E-state index contributed by atoms with van der Waals surface area (Å²) in [5.74, 6) is 0.203. The summed E-state index contributed by atoms with van der Waals surface area (Å²) in [7, 11) is 0. The molecule has 0 unspecified atom stereocenters. The van der Waals surface area contributed by atoms with E-state index >= 15 is 0 Å². The third-order valence-corrected chi connectivity index (χ3v) is 4.74. The first-order chi connectivity index (χ1) is 12.1. The highest BCUT2D eigenvalue weighted by molar-refractivity contribution is 5.91. The number of furan rings is 1. The van der Waals surface area contributed by atoms with Gasteiger partial charge in [-0.25, -0.2) is 9.37 Å². The van der Waals surface area contributed by atoms with Gasteiger partial charge < -0.3 is 18.8 Å². The van der Waals surface area contributed by atoms with Crippen LogP contribution in [-0.2, 0) is 4.74 Å². The van der Waals surface area contributed by atoms with Crippen molar-refractivity contribution in [1.29, 1.82) is 0 Å². The van der Waals surface area contributed by atoms with Crippen LogP contribution in [0, 0.1) is 12.7 Å². The van der Waals surface area contributed by atoms with Crippen LogP contribution in [-0.4, -0.2) is 47.2 Å². The molecule has 1 saturated heterocycles. The van der Waals surface area contributed by atoms with E-state index in [0.717, 1.165) is 12.8 Å². The number of amides is 1. The van der Waals surface area contributed by atoms with Crippen molar-refractivity contribution in [3.05, 3.63) is 47.8 Å². The van der Waals surface area contributed by atoms with Crippen LogP contribution >= 0.6 is 0 Å². The molecular weight excluding hydrogens is 327 g/mol. The summed E-state index contributed by atoms with van der Waals surface area (Å²) in [5, 5.41) is 0. The van der Waals surface area contributed by atoms with Crippen molar-refractivity contribution in [3.63, 3.8) is 0 Å². The average molecular weight is 346 g/mol. The molecule has 1 saturated carbocycles. The van der Waals surface area contributed by atoms with Crippen molar-refractivity contribution in [2.45, 2.75) is 38.0 Å². The molecule has 4 rings (SSSR count). The maximum absolute atomic E-state index is 13.9. The lowest BCUT2D eigenvalue weighted by molar-refractivity contribution is 0.000274. The molecule has 3 heterocycles. The summed E-state index contributed by atoms with van der Waals surface area (Å²) in [4.78, 5) is 18.5. The van der Waals surface area contributed by atoms with Crippen LogP contribution in [0.2, 0.25) is 0 Å². The number of aromatic nitrogens is 1. The number of carbonyl (C=O) groups is 1. The number of nitrogens with zero attached hydrogens (tertiary/aromatic N) is 2. The number of rotatable bonds is 3. The smallest absolute Gasteiger partial charge is 0.290 e. The maximum Gasteiger partial charge on any atom is 0.290 e.